The fourth-order valence-corrected chi connectivity index (χ4v) is 7.05. The number of phenolic OH excluding ortho intramolecular Hbond substituents is 1. The molecule has 17 nitrogen and oxygen atoms in total. The second-order valence-corrected chi connectivity index (χ2v) is 15.3. The number of carbonyl (C=O) groups is 7. The molecule has 2 heterocycles. The summed E-state index contributed by atoms with van der Waals surface area (Å²) in [5.74, 6) is -7.13. The summed E-state index contributed by atoms with van der Waals surface area (Å²) in [6.07, 6.45) is 3.90. The first-order valence-corrected chi connectivity index (χ1v) is 19.9. The van der Waals surface area contributed by atoms with E-state index in [0.717, 1.165) is 0 Å². The lowest BCUT2D eigenvalue weighted by Crippen LogP contribution is -2.61. The van der Waals surface area contributed by atoms with Crippen LogP contribution in [0.3, 0.4) is 0 Å². The molecule has 1 aromatic heterocycles. The van der Waals surface area contributed by atoms with Gasteiger partial charge in [0.25, 0.3) is 5.78 Å². The zero-order valence-corrected chi connectivity index (χ0v) is 33.9. The van der Waals surface area contributed by atoms with Gasteiger partial charge in [0.2, 0.25) is 29.5 Å². The highest BCUT2D eigenvalue weighted by atomic mass is 16.4. The van der Waals surface area contributed by atoms with Crippen molar-refractivity contribution in [1.29, 1.82) is 0 Å². The van der Waals surface area contributed by atoms with E-state index in [1.807, 2.05) is 20.8 Å². The van der Waals surface area contributed by atoms with E-state index in [1.165, 1.54) is 29.6 Å². The molecule has 5 amide bonds. The van der Waals surface area contributed by atoms with Gasteiger partial charge in [0.05, 0.1) is 12.2 Å². The van der Waals surface area contributed by atoms with Crippen LogP contribution in [0.2, 0.25) is 0 Å². The zero-order chi connectivity index (χ0) is 43.2. The van der Waals surface area contributed by atoms with Crippen molar-refractivity contribution in [3.05, 3.63) is 83.9 Å². The van der Waals surface area contributed by atoms with Gasteiger partial charge < -0.3 is 47.1 Å². The highest BCUT2D eigenvalue weighted by molar-refractivity contribution is 6.35. The molecule has 4 rings (SSSR count). The molecule has 7 atom stereocenters. The van der Waals surface area contributed by atoms with Crippen LogP contribution < -0.4 is 27.0 Å². The summed E-state index contributed by atoms with van der Waals surface area (Å²) < 4.78 is 0. The number of nitrogens with zero attached hydrogens (tertiary/aromatic N) is 2. The molecule has 3 aromatic rings. The molecule has 7 unspecified atom stereocenters. The molecule has 59 heavy (non-hydrogen) atoms. The van der Waals surface area contributed by atoms with Gasteiger partial charge in [-0.2, -0.15) is 0 Å². The Morgan fingerprint density at radius 2 is 1.47 bits per heavy atom. The highest BCUT2D eigenvalue weighted by Crippen LogP contribution is 2.21. The lowest BCUT2D eigenvalue weighted by atomic mass is 9.93. The lowest BCUT2D eigenvalue weighted by Gasteiger charge is -2.32. The van der Waals surface area contributed by atoms with Crippen molar-refractivity contribution < 1.29 is 43.8 Å². The van der Waals surface area contributed by atoms with Crippen molar-refractivity contribution in [2.45, 2.75) is 96.4 Å². The minimum Gasteiger partial charge on any atom is -0.508 e. The van der Waals surface area contributed by atoms with Crippen molar-refractivity contribution in [2.75, 3.05) is 13.1 Å². The third-order valence-corrected chi connectivity index (χ3v) is 10.8. The Morgan fingerprint density at radius 3 is 2.07 bits per heavy atom. The van der Waals surface area contributed by atoms with Gasteiger partial charge in [0.15, 0.2) is 0 Å². The number of hydrogen-bond acceptors (Lipinski definition) is 10. The van der Waals surface area contributed by atoms with E-state index in [-0.39, 0.29) is 50.4 Å². The summed E-state index contributed by atoms with van der Waals surface area (Å²) >= 11 is 0. The van der Waals surface area contributed by atoms with Gasteiger partial charge in [0.1, 0.15) is 36.0 Å². The molecule has 0 saturated carbocycles. The monoisotopic (exact) mass is 816 g/mol. The first kappa shape index (κ1) is 45.6. The van der Waals surface area contributed by atoms with Crippen LogP contribution in [0.5, 0.6) is 5.75 Å². The number of imidazole rings is 1. The maximum Gasteiger partial charge on any atom is 0.374 e. The molecule has 9 N–H and O–H groups in total. The van der Waals surface area contributed by atoms with Crippen molar-refractivity contribution in [2.24, 2.45) is 23.5 Å². The van der Waals surface area contributed by atoms with Gasteiger partial charge in [-0.1, -0.05) is 76.6 Å². The number of phenols is 1. The number of benzene rings is 2. The van der Waals surface area contributed by atoms with Gasteiger partial charge in [-0.15, -0.1) is 0 Å². The van der Waals surface area contributed by atoms with E-state index in [0.29, 0.717) is 29.7 Å². The number of aromatic hydroxyl groups is 1. The maximum atomic E-state index is 14.4. The Morgan fingerprint density at radius 1 is 0.831 bits per heavy atom. The molecule has 1 aliphatic rings. The Bertz CT molecular complexity index is 1910. The number of nitrogens with one attached hydrogen (secondary N) is 5. The van der Waals surface area contributed by atoms with E-state index in [4.69, 9.17) is 5.73 Å². The van der Waals surface area contributed by atoms with Crippen LogP contribution in [0.1, 0.15) is 63.8 Å². The number of Topliss-reactive ketones (excluding diaryl/α,β-unsaturated/α-hetero) is 1. The van der Waals surface area contributed by atoms with Crippen LogP contribution in [0.15, 0.2) is 67.1 Å². The lowest BCUT2D eigenvalue weighted by molar-refractivity contribution is -0.150. The molecule has 1 fully saturated rings. The molecular formula is C42H56N8O9. The second-order valence-electron chi connectivity index (χ2n) is 15.3. The fourth-order valence-electron chi connectivity index (χ4n) is 7.05. The average molecular weight is 817 g/mol. The topological polar surface area (TPSA) is 266 Å². The predicted molar refractivity (Wildman–Crippen MR) is 216 cm³/mol. The third kappa shape index (κ3) is 12.7. The SMILES string of the molecule is CCC(C)C(NC(=O)C(Cc1ccc(O)cc1)NC(=O)C(CN)C(C)C)C(=O)NC(Cc1cnc[nH]1)C(=O)N1CCCC1C(=O)NC(Cc1ccccc1)C(=O)C(=O)O. The smallest absolute Gasteiger partial charge is 0.374 e. The first-order valence-electron chi connectivity index (χ1n) is 19.9. The highest BCUT2D eigenvalue weighted by Gasteiger charge is 2.41. The number of aliphatic carboxylic acids is 1. The molecule has 0 aliphatic carbocycles. The van der Waals surface area contributed by atoms with Crippen molar-refractivity contribution in [3.8, 4) is 5.75 Å². The number of hydrogen-bond donors (Lipinski definition) is 8. The van der Waals surface area contributed by atoms with Crippen LogP contribution in [-0.2, 0) is 52.8 Å². The van der Waals surface area contributed by atoms with E-state index < -0.39 is 83.3 Å². The quantitative estimate of drug-likeness (QED) is 0.0704. The van der Waals surface area contributed by atoms with Crippen LogP contribution in [0, 0.1) is 17.8 Å². The Balaban J connectivity index is 1.57. The summed E-state index contributed by atoms with van der Waals surface area (Å²) in [5.41, 5.74) is 7.66. The number of aromatic nitrogens is 2. The normalized spacial score (nSPS) is 16.8. The minimum atomic E-state index is -1.71. The standard InChI is InChI=1S/C42H56N8O9/c1-5-25(4)35(49-38(54)32(19-27-13-15-29(51)16-14-27)47-37(53)30(21-43)24(2)3)40(56)48-33(20-28-22-44-23-45-28)41(57)50-17-9-12-34(50)39(55)46-31(36(52)42(58)59)18-26-10-7-6-8-11-26/h6-8,10-11,13-16,22-25,30-35,51H,5,9,12,17-21,43H2,1-4H3,(H,44,45)(H,46,55)(H,47,53)(H,48,56)(H,49,54)(H,58,59). The number of carboxylic acid groups (broad SMARTS) is 1. The van der Waals surface area contributed by atoms with Crippen molar-refractivity contribution in [3.63, 3.8) is 0 Å². The summed E-state index contributed by atoms with van der Waals surface area (Å²) in [5, 5.41) is 30.3. The summed E-state index contributed by atoms with van der Waals surface area (Å²) in [6, 6.07) is 8.76. The summed E-state index contributed by atoms with van der Waals surface area (Å²) in [4.78, 5) is 103. The largest absolute Gasteiger partial charge is 0.508 e. The van der Waals surface area contributed by atoms with Gasteiger partial charge >= 0.3 is 5.97 Å². The number of likely N-dealkylation sites (tertiary alicyclic amines) is 1. The number of carbonyl (C=O) groups excluding carboxylic acids is 6. The van der Waals surface area contributed by atoms with Gasteiger partial charge in [-0.3, -0.25) is 28.8 Å². The third-order valence-electron chi connectivity index (χ3n) is 10.8. The number of rotatable bonds is 21. The average Bonchev–Trinajstić information content (AvgIpc) is 3.92. The molecule has 1 saturated heterocycles. The molecule has 0 radical (unpaired) electrons. The number of nitrogens with two attached hydrogens (primary N) is 1. The van der Waals surface area contributed by atoms with Crippen LogP contribution in [0.25, 0.3) is 0 Å². The molecule has 2 aromatic carbocycles. The molecular weight excluding hydrogens is 761 g/mol. The predicted octanol–water partition coefficient (Wildman–Crippen LogP) is 1.00. The molecule has 0 bridgehead atoms. The number of ketones is 1. The molecule has 1 aliphatic heterocycles. The van der Waals surface area contributed by atoms with E-state index in [1.54, 1.807) is 49.4 Å². The molecule has 17 heteroatoms. The van der Waals surface area contributed by atoms with Crippen LogP contribution in [0.4, 0.5) is 0 Å². The van der Waals surface area contributed by atoms with Crippen molar-refractivity contribution in [1.82, 2.24) is 36.1 Å². The van der Waals surface area contributed by atoms with E-state index in [9.17, 15) is 43.8 Å². The van der Waals surface area contributed by atoms with E-state index >= 15 is 0 Å². The fraction of sp³-hybridized carbons (Fsp3) is 0.476. The van der Waals surface area contributed by atoms with Crippen molar-refractivity contribution >= 4 is 41.3 Å². The number of H-pyrrole nitrogens is 1. The number of carboxylic acids is 1. The Hall–Kier alpha value is -6.10. The number of amides is 5. The molecule has 318 valence electrons. The van der Waals surface area contributed by atoms with Gasteiger partial charge in [-0.05, 0) is 47.9 Å². The zero-order valence-electron chi connectivity index (χ0n) is 33.9. The first-order chi connectivity index (χ1) is 28.1. The van der Waals surface area contributed by atoms with E-state index in [2.05, 4.69) is 31.2 Å². The minimum absolute atomic E-state index is 0.0240. The Labute approximate surface area is 343 Å². The summed E-state index contributed by atoms with van der Waals surface area (Å²) in [7, 11) is 0. The van der Waals surface area contributed by atoms with Crippen LogP contribution in [-0.4, -0.2) is 110 Å². The molecule has 0 spiro atoms. The second kappa shape index (κ2) is 21.6. The van der Waals surface area contributed by atoms with Gasteiger partial charge in [0, 0.05) is 44.2 Å². The number of aromatic amines is 1. The van der Waals surface area contributed by atoms with Crippen LogP contribution >= 0.6 is 0 Å². The maximum absolute atomic E-state index is 14.4. The summed E-state index contributed by atoms with van der Waals surface area (Å²) in [6.45, 7) is 7.48. The van der Waals surface area contributed by atoms with Gasteiger partial charge in [-0.25, -0.2) is 9.78 Å². The Kier molecular flexibility index (Phi) is 16.7.